The highest BCUT2D eigenvalue weighted by Crippen LogP contribution is 2.26. The van der Waals surface area contributed by atoms with Gasteiger partial charge in [0.1, 0.15) is 18.3 Å². The summed E-state index contributed by atoms with van der Waals surface area (Å²) in [6.45, 7) is 5.68. The number of ether oxygens (including phenoxy) is 1. The third-order valence-electron chi connectivity index (χ3n) is 7.35. The molecule has 9 heteroatoms. The van der Waals surface area contributed by atoms with Crippen molar-refractivity contribution in [1.29, 1.82) is 0 Å². The zero-order valence-electron chi connectivity index (χ0n) is 24.0. The number of sulfonamides is 1. The first-order valence-electron chi connectivity index (χ1n) is 14.1. The van der Waals surface area contributed by atoms with Crippen LogP contribution in [0.1, 0.15) is 50.7 Å². The molecule has 1 aliphatic rings. The Labute approximate surface area is 243 Å². The molecule has 0 radical (unpaired) electrons. The van der Waals surface area contributed by atoms with Crippen molar-refractivity contribution < 1.29 is 22.7 Å². The lowest BCUT2D eigenvalue weighted by molar-refractivity contribution is -0.139. The molecule has 41 heavy (non-hydrogen) atoms. The fraction of sp³-hybridized carbons (Fsp3) is 0.375. The number of nitrogens with one attached hydrogen (secondary N) is 1. The van der Waals surface area contributed by atoms with E-state index in [1.54, 1.807) is 49.4 Å². The number of carbonyl (C=O) groups is 2. The normalized spacial score (nSPS) is 14.3. The number of benzene rings is 3. The zero-order valence-corrected chi connectivity index (χ0v) is 24.8. The van der Waals surface area contributed by atoms with Gasteiger partial charge in [-0.2, -0.15) is 0 Å². The SMILES string of the molecule is CCOc1ccc(S(=O)(=O)N(CC(=O)N(Cc2cccc(C)c2)C(C)C(=O)NC2CCCC2)c2ccccc2)cc1. The van der Waals surface area contributed by atoms with Crippen molar-refractivity contribution in [2.75, 3.05) is 17.5 Å². The van der Waals surface area contributed by atoms with Crippen molar-refractivity contribution in [2.24, 2.45) is 0 Å². The third kappa shape index (κ3) is 7.67. The first-order valence-corrected chi connectivity index (χ1v) is 15.6. The highest BCUT2D eigenvalue weighted by Gasteiger charge is 2.33. The molecular weight excluding hydrogens is 538 g/mol. The van der Waals surface area contributed by atoms with Gasteiger partial charge in [-0.15, -0.1) is 0 Å². The number of aryl methyl sites for hydroxylation is 1. The Morgan fingerprint density at radius 3 is 2.29 bits per heavy atom. The van der Waals surface area contributed by atoms with Crippen LogP contribution in [0.2, 0.25) is 0 Å². The molecule has 0 heterocycles. The minimum Gasteiger partial charge on any atom is -0.494 e. The maximum Gasteiger partial charge on any atom is 0.264 e. The number of para-hydroxylation sites is 1. The van der Waals surface area contributed by atoms with Crippen molar-refractivity contribution in [1.82, 2.24) is 10.2 Å². The number of carbonyl (C=O) groups excluding carboxylic acids is 2. The van der Waals surface area contributed by atoms with Crippen molar-refractivity contribution in [2.45, 2.75) is 70.0 Å². The van der Waals surface area contributed by atoms with Gasteiger partial charge in [0.2, 0.25) is 11.8 Å². The number of hydrogen-bond donors (Lipinski definition) is 1. The molecule has 1 N–H and O–H groups in total. The van der Waals surface area contributed by atoms with E-state index in [1.807, 2.05) is 38.1 Å². The highest BCUT2D eigenvalue weighted by molar-refractivity contribution is 7.92. The molecule has 3 aromatic rings. The molecule has 0 aliphatic heterocycles. The predicted molar refractivity (Wildman–Crippen MR) is 160 cm³/mol. The Morgan fingerprint density at radius 1 is 0.976 bits per heavy atom. The van der Waals surface area contributed by atoms with Crippen LogP contribution in [0.15, 0.2) is 83.8 Å². The van der Waals surface area contributed by atoms with E-state index >= 15 is 0 Å². The van der Waals surface area contributed by atoms with E-state index in [1.165, 1.54) is 17.0 Å². The third-order valence-corrected chi connectivity index (χ3v) is 9.14. The fourth-order valence-electron chi connectivity index (χ4n) is 5.11. The lowest BCUT2D eigenvalue weighted by atomic mass is 10.1. The summed E-state index contributed by atoms with van der Waals surface area (Å²) in [5, 5.41) is 3.09. The average molecular weight is 578 g/mol. The van der Waals surface area contributed by atoms with Crippen LogP contribution in [0.4, 0.5) is 5.69 Å². The molecule has 0 saturated heterocycles. The summed E-state index contributed by atoms with van der Waals surface area (Å²) in [6, 6.07) is 21.7. The van der Waals surface area contributed by atoms with Gasteiger partial charge in [0.25, 0.3) is 10.0 Å². The second-order valence-corrected chi connectivity index (χ2v) is 12.3. The van der Waals surface area contributed by atoms with Crippen LogP contribution in [0, 0.1) is 6.92 Å². The summed E-state index contributed by atoms with van der Waals surface area (Å²) >= 11 is 0. The Morgan fingerprint density at radius 2 is 1.66 bits per heavy atom. The van der Waals surface area contributed by atoms with Crippen molar-refractivity contribution in [3.05, 3.63) is 90.0 Å². The lowest BCUT2D eigenvalue weighted by Crippen LogP contribution is -2.52. The van der Waals surface area contributed by atoms with Gasteiger partial charge in [-0.3, -0.25) is 13.9 Å². The molecule has 8 nitrogen and oxygen atoms in total. The van der Waals surface area contributed by atoms with Crippen molar-refractivity contribution >= 4 is 27.5 Å². The van der Waals surface area contributed by atoms with Gasteiger partial charge in [-0.05, 0) is 75.6 Å². The highest BCUT2D eigenvalue weighted by atomic mass is 32.2. The molecule has 3 aromatic carbocycles. The van der Waals surface area contributed by atoms with E-state index in [4.69, 9.17) is 4.74 Å². The molecule has 4 rings (SSSR count). The van der Waals surface area contributed by atoms with Crippen LogP contribution in [0.5, 0.6) is 5.75 Å². The standard InChI is InChI=1S/C32H39N3O5S/c1-4-40-29-17-19-30(20-18-29)41(38,39)35(28-15-6-5-7-16-28)23-31(36)34(22-26-12-10-11-24(2)21-26)25(3)32(37)33-27-13-8-9-14-27/h5-7,10-12,15-21,25,27H,4,8-9,13-14,22-23H2,1-3H3,(H,33,37). The number of amides is 2. The van der Waals surface area contributed by atoms with Gasteiger partial charge >= 0.3 is 0 Å². The van der Waals surface area contributed by atoms with Gasteiger partial charge < -0.3 is 15.0 Å². The second kappa shape index (κ2) is 13.7. The first kappa shape index (κ1) is 30.1. The Balaban J connectivity index is 1.66. The zero-order chi connectivity index (χ0) is 29.4. The van der Waals surface area contributed by atoms with Crippen LogP contribution in [0.25, 0.3) is 0 Å². The smallest absolute Gasteiger partial charge is 0.264 e. The van der Waals surface area contributed by atoms with Crippen LogP contribution < -0.4 is 14.4 Å². The molecule has 1 aliphatic carbocycles. The topological polar surface area (TPSA) is 96.0 Å². The Bertz CT molecular complexity index is 1420. The minimum absolute atomic E-state index is 0.0369. The summed E-state index contributed by atoms with van der Waals surface area (Å²) in [4.78, 5) is 28.9. The molecule has 1 atom stereocenters. The van der Waals surface area contributed by atoms with Crippen LogP contribution in [-0.2, 0) is 26.2 Å². The largest absolute Gasteiger partial charge is 0.494 e. The molecule has 2 amide bonds. The minimum atomic E-state index is -4.13. The van der Waals surface area contributed by atoms with E-state index in [0.29, 0.717) is 18.0 Å². The van der Waals surface area contributed by atoms with Gasteiger partial charge in [-0.25, -0.2) is 8.42 Å². The second-order valence-electron chi connectivity index (χ2n) is 10.4. The molecule has 1 unspecified atom stereocenters. The van der Waals surface area contributed by atoms with E-state index in [2.05, 4.69) is 5.32 Å². The van der Waals surface area contributed by atoms with Crippen LogP contribution >= 0.6 is 0 Å². The van der Waals surface area contributed by atoms with Crippen LogP contribution in [0.3, 0.4) is 0 Å². The van der Waals surface area contributed by atoms with Crippen LogP contribution in [-0.4, -0.2) is 50.4 Å². The van der Waals surface area contributed by atoms with Crippen molar-refractivity contribution in [3.8, 4) is 5.75 Å². The summed E-state index contributed by atoms with van der Waals surface area (Å²) in [7, 11) is -4.13. The molecule has 218 valence electrons. The molecular formula is C32H39N3O5S. The predicted octanol–water partition coefficient (Wildman–Crippen LogP) is 5.07. The van der Waals surface area contributed by atoms with Gasteiger partial charge in [-0.1, -0.05) is 60.9 Å². The van der Waals surface area contributed by atoms with E-state index in [-0.39, 0.29) is 23.4 Å². The number of hydrogen-bond acceptors (Lipinski definition) is 5. The molecule has 0 bridgehead atoms. The van der Waals surface area contributed by atoms with Gasteiger partial charge in [0.15, 0.2) is 0 Å². The molecule has 1 saturated carbocycles. The van der Waals surface area contributed by atoms with E-state index in [0.717, 1.165) is 41.1 Å². The van der Waals surface area contributed by atoms with Gasteiger partial charge in [0.05, 0.1) is 17.2 Å². The molecule has 0 spiro atoms. The quantitative estimate of drug-likeness (QED) is 0.325. The summed E-state index contributed by atoms with van der Waals surface area (Å²) in [6.07, 6.45) is 3.99. The van der Waals surface area contributed by atoms with E-state index < -0.39 is 28.5 Å². The van der Waals surface area contributed by atoms with Crippen molar-refractivity contribution in [3.63, 3.8) is 0 Å². The summed E-state index contributed by atoms with van der Waals surface area (Å²) in [5.41, 5.74) is 2.25. The molecule has 0 aromatic heterocycles. The summed E-state index contributed by atoms with van der Waals surface area (Å²) < 4.78 is 34.4. The Hall–Kier alpha value is -3.85. The van der Waals surface area contributed by atoms with Gasteiger partial charge in [0, 0.05) is 12.6 Å². The maximum absolute atomic E-state index is 14.0. The summed E-state index contributed by atoms with van der Waals surface area (Å²) in [5.74, 6) is -0.155. The monoisotopic (exact) mass is 577 g/mol. The number of anilines is 1. The number of rotatable bonds is 12. The Kier molecular flexibility index (Phi) is 10.0. The maximum atomic E-state index is 14.0. The van der Waals surface area contributed by atoms with E-state index in [9.17, 15) is 18.0 Å². The first-order chi connectivity index (χ1) is 19.7. The number of nitrogens with zero attached hydrogens (tertiary/aromatic N) is 2. The average Bonchev–Trinajstić information content (AvgIpc) is 3.48. The lowest BCUT2D eigenvalue weighted by Gasteiger charge is -2.32. The fourth-order valence-corrected chi connectivity index (χ4v) is 6.52. The molecule has 1 fully saturated rings.